The van der Waals surface area contributed by atoms with E-state index in [1.165, 1.54) is 32.4 Å². The van der Waals surface area contributed by atoms with E-state index in [1.807, 2.05) is 83.1 Å². The van der Waals surface area contributed by atoms with Crippen molar-refractivity contribution in [2.24, 2.45) is 0 Å². The van der Waals surface area contributed by atoms with Crippen molar-refractivity contribution in [3.05, 3.63) is 61.5 Å². The van der Waals surface area contributed by atoms with Gasteiger partial charge in [0.15, 0.2) is 0 Å². The normalized spacial score (nSPS) is 21.5. The number of ether oxygens (including phenoxy) is 2. The first-order valence-electron chi connectivity index (χ1n) is 16.4. The number of esters is 2. The standard InChI is InChI=1S/C14H17BClFO4.C12H24B2O4.C8H5BrClFO2.3H2/c1-13(2)14(3,4)21-15(20-13)8-6-9(16)11(10(17)7-8)12(18)19-5;1-9(2)10(3,4)16-13(15-9)14-17-11(5,6)12(7,8)18-14;1-13-8(12)7-5(10)2-4(9)3-6(7)11;;;/h6-7H,1-5H3;1-8H3;2-3H,1H3;3*1H. The predicted octanol–water partition coefficient (Wildman–Crippen LogP) is 8.58. The summed E-state index contributed by atoms with van der Waals surface area (Å²) in [6.45, 7) is 23.8. The molecule has 0 spiro atoms. The van der Waals surface area contributed by atoms with Crippen LogP contribution in [0.5, 0.6) is 0 Å². The molecule has 5 rings (SSSR count). The summed E-state index contributed by atoms with van der Waals surface area (Å²) in [6.07, 6.45) is 0. The number of hydrogen-bond donors (Lipinski definition) is 0. The van der Waals surface area contributed by atoms with Gasteiger partial charge in [-0.15, -0.1) is 0 Å². The second-order valence-corrected chi connectivity index (χ2v) is 17.2. The topological polar surface area (TPSA) is 108 Å². The number of rotatable bonds is 4. The van der Waals surface area contributed by atoms with Crippen molar-refractivity contribution in [3.8, 4) is 0 Å². The Kier molecular flexibility index (Phi) is 13.5. The Balaban J connectivity index is 0.000000794. The molecular weight excluding hydrogens is 790 g/mol. The molecule has 0 amide bonds. The highest BCUT2D eigenvalue weighted by atomic mass is 79.9. The minimum absolute atomic E-state index is 0. The van der Waals surface area contributed by atoms with Crippen LogP contribution in [0, 0.1) is 11.6 Å². The van der Waals surface area contributed by atoms with Gasteiger partial charge in [-0.1, -0.05) is 39.1 Å². The van der Waals surface area contributed by atoms with Gasteiger partial charge in [-0.25, -0.2) is 18.4 Å². The summed E-state index contributed by atoms with van der Waals surface area (Å²) in [4.78, 5) is 22.5. The monoisotopic (exact) mass is 840 g/mol. The Hall–Kier alpha value is -1.75. The van der Waals surface area contributed by atoms with Crippen LogP contribution in [0.1, 0.15) is 108 Å². The molecule has 2 aromatic carbocycles. The first-order chi connectivity index (χ1) is 23.5. The van der Waals surface area contributed by atoms with E-state index < -0.39 is 55.9 Å². The average molecular weight is 842 g/mol. The molecule has 0 unspecified atom stereocenters. The number of carbonyl (C=O) groups is 2. The minimum atomic E-state index is -0.821. The van der Waals surface area contributed by atoms with Crippen LogP contribution < -0.4 is 5.46 Å². The van der Waals surface area contributed by atoms with Crippen LogP contribution in [0.3, 0.4) is 0 Å². The molecule has 0 saturated carbocycles. The van der Waals surface area contributed by atoms with Gasteiger partial charge in [0.1, 0.15) is 22.8 Å². The quantitative estimate of drug-likeness (QED) is 0.220. The van der Waals surface area contributed by atoms with Gasteiger partial charge in [0.2, 0.25) is 0 Å². The Morgan fingerprint density at radius 3 is 1.21 bits per heavy atom. The molecule has 2 aromatic rings. The molecule has 3 aliphatic rings. The summed E-state index contributed by atoms with van der Waals surface area (Å²) in [6, 6.07) is 5.22. The Labute approximate surface area is 329 Å². The first-order valence-corrected chi connectivity index (χ1v) is 17.9. The molecule has 0 atom stereocenters. The maximum Gasteiger partial charge on any atom is 0.494 e. The van der Waals surface area contributed by atoms with Crippen molar-refractivity contribution in [2.75, 3.05) is 14.2 Å². The molecule has 10 nitrogen and oxygen atoms in total. The van der Waals surface area contributed by atoms with Crippen molar-refractivity contribution in [1.82, 2.24) is 0 Å². The summed E-state index contributed by atoms with van der Waals surface area (Å²) in [5, 5.41) is -0.00899. The van der Waals surface area contributed by atoms with Crippen molar-refractivity contribution >= 4 is 77.7 Å². The molecule has 0 N–H and O–H groups in total. The lowest BCUT2D eigenvalue weighted by molar-refractivity contribution is 0.00578. The van der Waals surface area contributed by atoms with E-state index in [0.29, 0.717) is 9.94 Å². The van der Waals surface area contributed by atoms with Crippen LogP contribution in [0.25, 0.3) is 0 Å². The molecule has 0 aromatic heterocycles. The molecule has 3 fully saturated rings. The van der Waals surface area contributed by atoms with Crippen LogP contribution >= 0.6 is 39.1 Å². The SMILES string of the molecule is CC1(C)OB(B2OC(C)(C)C(C)(C)O2)OC1(C)C.COC(=O)c1c(F)cc(B2OC(C)(C)C(C)(C)O2)cc1Cl.COC(=O)c1c(F)cc(Br)cc1Cl.[HH].[HH].[HH]. The van der Waals surface area contributed by atoms with E-state index in [0.717, 1.165) is 6.07 Å². The molecule has 3 saturated heterocycles. The van der Waals surface area contributed by atoms with Gasteiger partial charge in [0, 0.05) is 8.75 Å². The maximum atomic E-state index is 14.1. The van der Waals surface area contributed by atoms with E-state index >= 15 is 0 Å². The maximum absolute atomic E-state index is 14.1. The van der Waals surface area contributed by atoms with Crippen LogP contribution in [-0.4, -0.2) is 80.9 Å². The van der Waals surface area contributed by atoms with Crippen LogP contribution in [0.15, 0.2) is 28.7 Å². The zero-order valence-corrected chi connectivity index (χ0v) is 35.1. The van der Waals surface area contributed by atoms with Gasteiger partial charge in [-0.05, 0) is 113 Å². The smallest absolute Gasteiger partial charge is 0.465 e. The molecule has 0 bridgehead atoms. The van der Waals surface area contributed by atoms with Gasteiger partial charge in [0.25, 0.3) is 0 Å². The largest absolute Gasteiger partial charge is 0.494 e. The Morgan fingerprint density at radius 2 is 0.904 bits per heavy atom. The van der Waals surface area contributed by atoms with Crippen molar-refractivity contribution < 1.29 is 60.0 Å². The number of hydrogen-bond acceptors (Lipinski definition) is 10. The van der Waals surface area contributed by atoms with Gasteiger partial charge in [-0.3, -0.25) is 0 Å². The molecule has 3 heterocycles. The van der Waals surface area contributed by atoms with Crippen LogP contribution in [0.2, 0.25) is 10.0 Å². The first kappa shape index (κ1) is 44.7. The van der Waals surface area contributed by atoms with E-state index in [2.05, 4.69) is 25.4 Å². The third-order valence-corrected chi connectivity index (χ3v) is 11.2. The Morgan fingerprint density at radius 1 is 0.596 bits per heavy atom. The van der Waals surface area contributed by atoms with E-state index in [-0.39, 0.29) is 47.9 Å². The fourth-order valence-corrected chi connectivity index (χ4v) is 5.98. The van der Waals surface area contributed by atoms with Crippen molar-refractivity contribution in [2.45, 2.75) is 117 Å². The van der Waals surface area contributed by atoms with Gasteiger partial charge < -0.3 is 37.4 Å². The lowest BCUT2D eigenvalue weighted by atomic mass is 9.49. The molecule has 18 heteroatoms. The fraction of sp³-hybridized carbons (Fsp3) is 0.588. The third-order valence-electron chi connectivity index (χ3n) is 10.1. The van der Waals surface area contributed by atoms with E-state index in [4.69, 9.17) is 51.1 Å². The summed E-state index contributed by atoms with van der Waals surface area (Å²) in [5.41, 5.74) is -2.63. The third kappa shape index (κ3) is 9.37. The van der Waals surface area contributed by atoms with E-state index in [1.54, 1.807) is 0 Å². The molecule has 0 aliphatic carbocycles. The lowest BCUT2D eigenvalue weighted by Crippen LogP contribution is -2.41. The summed E-state index contributed by atoms with van der Waals surface area (Å²) in [5.74, 6) is -3.07. The molecule has 0 radical (unpaired) electrons. The lowest BCUT2D eigenvalue weighted by Gasteiger charge is -2.32. The number of halogens is 5. The second kappa shape index (κ2) is 15.8. The van der Waals surface area contributed by atoms with Crippen LogP contribution in [-0.2, 0) is 37.4 Å². The second-order valence-electron chi connectivity index (χ2n) is 15.4. The fourth-order valence-electron chi connectivity index (χ4n) is 4.84. The van der Waals surface area contributed by atoms with E-state index in [9.17, 15) is 18.4 Å². The van der Waals surface area contributed by atoms with Crippen molar-refractivity contribution in [1.29, 1.82) is 0 Å². The molecule has 3 aliphatic heterocycles. The number of carbonyl (C=O) groups excluding carboxylic acids is 2. The van der Waals surface area contributed by atoms with Gasteiger partial charge in [0.05, 0.1) is 57.9 Å². The Bertz CT molecular complexity index is 1560. The molecule has 52 heavy (non-hydrogen) atoms. The van der Waals surface area contributed by atoms with Gasteiger partial charge in [-0.2, -0.15) is 0 Å². The summed E-state index contributed by atoms with van der Waals surface area (Å²) >= 11 is 14.7. The van der Waals surface area contributed by atoms with Gasteiger partial charge >= 0.3 is 33.1 Å². The highest BCUT2D eigenvalue weighted by molar-refractivity contribution is 9.10. The van der Waals surface area contributed by atoms with Crippen LogP contribution in [0.4, 0.5) is 8.78 Å². The number of benzene rings is 2. The highest BCUT2D eigenvalue weighted by Gasteiger charge is 2.63. The highest BCUT2D eigenvalue weighted by Crippen LogP contribution is 2.43. The predicted molar refractivity (Wildman–Crippen MR) is 207 cm³/mol. The summed E-state index contributed by atoms with van der Waals surface area (Å²) < 4.78 is 72.1. The molecule has 292 valence electrons. The average Bonchev–Trinajstić information content (AvgIpc) is 3.45. The zero-order valence-electron chi connectivity index (χ0n) is 32.0. The minimum Gasteiger partial charge on any atom is -0.465 e. The summed E-state index contributed by atoms with van der Waals surface area (Å²) in [7, 11) is 0.640. The number of methoxy groups -OCH3 is 2. The molecular formula is C34H52B3BrCl2F2O10. The van der Waals surface area contributed by atoms with Crippen molar-refractivity contribution in [3.63, 3.8) is 0 Å². The zero-order chi connectivity index (χ0) is 40.0.